The number of ketones is 1. The molecule has 4 nitrogen and oxygen atoms in total. The standard InChI is InChI=1S/C22H34O4/c1-4-5-6-7-8-9-10-11-12-13-14-15-18(23)20-19(26-20)16-17-22(2,3)21(24)25/h8-9,11-12,14-15,19-20H,4-7,10,13,16-17H2,1-3H3,(H,24,25)/b9-8-,12-11-,15-14-. The second-order valence-electron chi connectivity index (χ2n) is 7.54. The van der Waals surface area contributed by atoms with E-state index in [0.29, 0.717) is 12.8 Å². The molecule has 4 heteroatoms. The summed E-state index contributed by atoms with van der Waals surface area (Å²) in [7, 11) is 0. The van der Waals surface area contributed by atoms with Gasteiger partial charge in [-0.05, 0) is 58.4 Å². The van der Waals surface area contributed by atoms with Crippen LogP contribution in [0.5, 0.6) is 0 Å². The fourth-order valence-electron chi connectivity index (χ4n) is 2.58. The predicted octanol–water partition coefficient (Wildman–Crippen LogP) is 5.24. The summed E-state index contributed by atoms with van der Waals surface area (Å²) >= 11 is 0. The minimum atomic E-state index is -0.816. The SMILES string of the molecule is CCCCC/C=C\C/C=C\C/C=C\C(=O)C1OC1CCC(C)(C)C(=O)O. The van der Waals surface area contributed by atoms with E-state index in [4.69, 9.17) is 9.84 Å². The molecular weight excluding hydrogens is 328 g/mol. The molecule has 0 bridgehead atoms. The number of ether oxygens (including phenoxy) is 1. The van der Waals surface area contributed by atoms with Crippen LogP contribution in [0.4, 0.5) is 0 Å². The van der Waals surface area contributed by atoms with Crippen molar-refractivity contribution in [1.82, 2.24) is 0 Å². The van der Waals surface area contributed by atoms with Crippen molar-refractivity contribution in [3.63, 3.8) is 0 Å². The van der Waals surface area contributed by atoms with E-state index >= 15 is 0 Å². The van der Waals surface area contributed by atoms with Crippen LogP contribution in [0.1, 0.15) is 72.1 Å². The fourth-order valence-corrected chi connectivity index (χ4v) is 2.58. The van der Waals surface area contributed by atoms with Crippen molar-refractivity contribution in [3.05, 3.63) is 36.5 Å². The number of unbranched alkanes of at least 4 members (excludes halogenated alkanes) is 3. The van der Waals surface area contributed by atoms with Crippen molar-refractivity contribution in [3.8, 4) is 0 Å². The molecule has 2 unspecified atom stereocenters. The highest BCUT2D eigenvalue weighted by Gasteiger charge is 2.44. The van der Waals surface area contributed by atoms with E-state index in [0.717, 1.165) is 19.3 Å². The van der Waals surface area contributed by atoms with Crippen molar-refractivity contribution < 1.29 is 19.4 Å². The van der Waals surface area contributed by atoms with Gasteiger partial charge in [0.15, 0.2) is 5.78 Å². The summed E-state index contributed by atoms with van der Waals surface area (Å²) in [6.07, 6.45) is 19.2. The maximum absolute atomic E-state index is 12.0. The van der Waals surface area contributed by atoms with Gasteiger partial charge in [0.1, 0.15) is 6.10 Å². The summed E-state index contributed by atoms with van der Waals surface area (Å²) in [6.45, 7) is 5.60. The zero-order chi connectivity index (χ0) is 19.4. The van der Waals surface area contributed by atoms with Crippen molar-refractivity contribution in [2.24, 2.45) is 5.41 Å². The van der Waals surface area contributed by atoms with Crippen molar-refractivity contribution in [1.29, 1.82) is 0 Å². The van der Waals surface area contributed by atoms with Crippen LogP contribution in [0.25, 0.3) is 0 Å². The molecule has 2 atom stereocenters. The first kappa shape index (κ1) is 22.4. The third kappa shape index (κ3) is 9.14. The number of carbonyl (C=O) groups excluding carboxylic acids is 1. The molecule has 1 N–H and O–H groups in total. The highest BCUT2D eigenvalue weighted by molar-refractivity contribution is 5.95. The average Bonchev–Trinajstić information content (AvgIpc) is 3.37. The Morgan fingerprint density at radius 1 is 1.04 bits per heavy atom. The Kier molecular flexibility index (Phi) is 10.2. The molecule has 0 spiro atoms. The van der Waals surface area contributed by atoms with Crippen LogP contribution >= 0.6 is 0 Å². The Labute approximate surface area is 158 Å². The fraction of sp³-hybridized carbons (Fsp3) is 0.636. The van der Waals surface area contributed by atoms with Gasteiger partial charge in [0.2, 0.25) is 0 Å². The number of hydrogen-bond acceptors (Lipinski definition) is 3. The zero-order valence-electron chi connectivity index (χ0n) is 16.4. The van der Waals surface area contributed by atoms with E-state index in [9.17, 15) is 9.59 Å². The lowest BCUT2D eigenvalue weighted by atomic mass is 9.87. The monoisotopic (exact) mass is 362 g/mol. The molecule has 0 aromatic heterocycles. The summed E-state index contributed by atoms with van der Waals surface area (Å²) in [5, 5.41) is 9.09. The van der Waals surface area contributed by atoms with Gasteiger partial charge in [0.25, 0.3) is 0 Å². The minimum absolute atomic E-state index is 0.0210. The molecule has 0 radical (unpaired) electrons. The Balaban J connectivity index is 2.13. The molecule has 146 valence electrons. The smallest absolute Gasteiger partial charge is 0.309 e. The molecule has 1 saturated heterocycles. The van der Waals surface area contributed by atoms with Gasteiger partial charge in [0.05, 0.1) is 11.5 Å². The van der Waals surface area contributed by atoms with Gasteiger partial charge in [-0.25, -0.2) is 0 Å². The van der Waals surface area contributed by atoms with Crippen LogP contribution in [0.2, 0.25) is 0 Å². The van der Waals surface area contributed by atoms with Crippen LogP contribution in [0, 0.1) is 5.41 Å². The molecule has 1 rings (SSSR count). The van der Waals surface area contributed by atoms with E-state index in [1.165, 1.54) is 19.3 Å². The molecule has 0 aliphatic carbocycles. The number of carboxylic acid groups (broad SMARTS) is 1. The molecule has 1 heterocycles. The van der Waals surface area contributed by atoms with Crippen molar-refractivity contribution in [2.75, 3.05) is 0 Å². The summed E-state index contributed by atoms with van der Waals surface area (Å²) in [4.78, 5) is 23.0. The van der Waals surface area contributed by atoms with E-state index in [1.807, 2.05) is 6.08 Å². The quantitative estimate of drug-likeness (QED) is 0.198. The second kappa shape index (κ2) is 11.8. The Bertz CT molecular complexity index is 528. The topological polar surface area (TPSA) is 66.9 Å². The molecule has 1 fully saturated rings. The molecule has 0 amide bonds. The van der Waals surface area contributed by atoms with Gasteiger partial charge in [-0.1, -0.05) is 50.1 Å². The Hall–Kier alpha value is -1.68. The van der Waals surface area contributed by atoms with Crippen molar-refractivity contribution >= 4 is 11.8 Å². The highest BCUT2D eigenvalue weighted by Crippen LogP contribution is 2.33. The first-order chi connectivity index (χ1) is 12.4. The zero-order valence-corrected chi connectivity index (χ0v) is 16.4. The van der Waals surface area contributed by atoms with Gasteiger partial charge < -0.3 is 9.84 Å². The normalized spacial score (nSPS) is 20.4. The molecule has 1 aliphatic rings. The number of rotatable bonds is 14. The Morgan fingerprint density at radius 2 is 1.69 bits per heavy atom. The number of carboxylic acids is 1. The van der Waals surface area contributed by atoms with E-state index < -0.39 is 11.4 Å². The van der Waals surface area contributed by atoms with Gasteiger partial charge in [0, 0.05) is 0 Å². The lowest BCUT2D eigenvalue weighted by Crippen LogP contribution is -2.24. The lowest BCUT2D eigenvalue weighted by molar-refractivity contribution is -0.147. The van der Waals surface area contributed by atoms with E-state index in [-0.39, 0.29) is 18.0 Å². The maximum atomic E-state index is 12.0. The molecule has 0 aromatic rings. The van der Waals surface area contributed by atoms with Gasteiger partial charge in [-0.2, -0.15) is 0 Å². The lowest BCUT2D eigenvalue weighted by Gasteiger charge is -2.17. The van der Waals surface area contributed by atoms with Crippen LogP contribution in [0.15, 0.2) is 36.5 Å². The predicted molar refractivity (Wildman–Crippen MR) is 105 cm³/mol. The largest absolute Gasteiger partial charge is 0.481 e. The highest BCUT2D eigenvalue weighted by atomic mass is 16.6. The molecule has 0 saturated carbocycles. The van der Waals surface area contributed by atoms with Crippen LogP contribution < -0.4 is 0 Å². The number of carbonyl (C=O) groups is 2. The van der Waals surface area contributed by atoms with Crippen LogP contribution in [-0.2, 0) is 14.3 Å². The average molecular weight is 363 g/mol. The Morgan fingerprint density at radius 3 is 2.35 bits per heavy atom. The summed E-state index contributed by atoms with van der Waals surface area (Å²) in [5.41, 5.74) is -0.773. The van der Waals surface area contributed by atoms with Gasteiger partial charge in [-0.3, -0.25) is 9.59 Å². The number of hydrogen-bond donors (Lipinski definition) is 1. The maximum Gasteiger partial charge on any atom is 0.309 e. The molecule has 26 heavy (non-hydrogen) atoms. The third-order valence-corrected chi connectivity index (χ3v) is 4.63. The van der Waals surface area contributed by atoms with Crippen molar-refractivity contribution in [2.45, 2.75) is 84.3 Å². The summed E-state index contributed by atoms with van der Waals surface area (Å²) < 4.78 is 5.38. The van der Waals surface area contributed by atoms with Crippen LogP contribution in [0.3, 0.4) is 0 Å². The second-order valence-corrected chi connectivity index (χ2v) is 7.54. The van der Waals surface area contributed by atoms with E-state index in [1.54, 1.807) is 19.9 Å². The third-order valence-electron chi connectivity index (χ3n) is 4.63. The molecular formula is C22H34O4. The first-order valence-electron chi connectivity index (χ1n) is 9.77. The molecule has 0 aromatic carbocycles. The molecule has 1 aliphatic heterocycles. The number of allylic oxidation sites excluding steroid dienone is 5. The van der Waals surface area contributed by atoms with Crippen LogP contribution in [-0.4, -0.2) is 29.1 Å². The minimum Gasteiger partial charge on any atom is -0.481 e. The van der Waals surface area contributed by atoms with Gasteiger partial charge >= 0.3 is 5.97 Å². The number of aliphatic carboxylic acids is 1. The summed E-state index contributed by atoms with van der Waals surface area (Å²) in [5.74, 6) is -0.837. The first-order valence-corrected chi connectivity index (χ1v) is 9.77. The van der Waals surface area contributed by atoms with Gasteiger partial charge in [-0.15, -0.1) is 0 Å². The van der Waals surface area contributed by atoms with E-state index in [2.05, 4.69) is 31.2 Å². The number of epoxide rings is 1. The summed E-state index contributed by atoms with van der Waals surface area (Å²) in [6, 6.07) is 0.